The molecule has 1 saturated heterocycles. The van der Waals surface area contributed by atoms with Crippen LogP contribution in [0.1, 0.15) is 23.7 Å². The lowest BCUT2D eigenvalue weighted by atomic mass is 9.91. The van der Waals surface area contributed by atoms with Crippen molar-refractivity contribution in [2.75, 3.05) is 18.4 Å². The Morgan fingerprint density at radius 2 is 1.86 bits per heavy atom. The lowest BCUT2D eigenvalue weighted by molar-refractivity contribution is -0.143. The van der Waals surface area contributed by atoms with Crippen LogP contribution >= 0.6 is 0 Å². The van der Waals surface area contributed by atoms with E-state index in [4.69, 9.17) is 10.8 Å². The van der Waals surface area contributed by atoms with E-state index in [1.54, 1.807) is 12.1 Å². The van der Waals surface area contributed by atoms with E-state index in [0.29, 0.717) is 24.2 Å². The molecule has 0 aromatic heterocycles. The summed E-state index contributed by atoms with van der Waals surface area (Å²) in [4.78, 5) is 35.9. The zero-order valence-electron chi connectivity index (χ0n) is 12.3. The average Bonchev–Trinajstić information content (AvgIpc) is 2.47. The van der Waals surface area contributed by atoms with Gasteiger partial charge in [0.2, 0.25) is 5.91 Å². The first-order valence-corrected chi connectivity index (χ1v) is 7.05. The molecule has 1 fully saturated rings. The molecule has 1 aromatic carbocycles. The molecule has 118 valence electrons. The number of aliphatic carboxylic acids is 1. The lowest BCUT2D eigenvalue weighted by Crippen LogP contribution is -2.47. The van der Waals surface area contributed by atoms with Crippen molar-refractivity contribution in [3.05, 3.63) is 29.8 Å². The number of carbonyl (C=O) groups is 3. The highest BCUT2D eigenvalue weighted by Gasteiger charge is 2.31. The second kappa shape index (κ2) is 6.46. The Morgan fingerprint density at radius 1 is 1.23 bits per heavy atom. The molecular weight excluding hydrogens is 286 g/mol. The van der Waals surface area contributed by atoms with E-state index in [1.165, 1.54) is 17.0 Å². The molecule has 7 heteroatoms. The van der Waals surface area contributed by atoms with Crippen LogP contribution in [0.25, 0.3) is 0 Å². The van der Waals surface area contributed by atoms with Gasteiger partial charge >= 0.3 is 12.0 Å². The molecule has 1 heterocycles. The molecule has 0 aliphatic carbocycles. The fraction of sp³-hybridized carbons (Fsp3) is 0.400. The van der Waals surface area contributed by atoms with E-state index in [0.717, 1.165) is 0 Å². The molecule has 0 bridgehead atoms. The highest BCUT2D eigenvalue weighted by atomic mass is 16.4. The van der Waals surface area contributed by atoms with Crippen LogP contribution in [0.15, 0.2) is 24.3 Å². The number of likely N-dealkylation sites (tertiary alicyclic amines) is 1. The van der Waals surface area contributed by atoms with Crippen LogP contribution in [0.4, 0.5) is 10.5 Å². The van der Waals surface area contributed by atoms with Gasteiger partial charge in [-0.05, 0) is 36.6 Å². The average molecular weight is 305 g/mol. The Balaban J connectivity index is 2.01. The maximum Gasteiger partial charge on any atom is 0.321 e. The van der Waals surface area contributed by atoms with Crippen molar-refractivity contribution in [1.82, 2.24) is 4.90 Å². The Kier molecular flexibility index (Phi) is 4.65. The number of carboxylic acids is 1. The van der Waals surface area contributed by atoms with Gasteiger partial charge in [0, 0.05) is 24.3 Å². The number of nitrogens with one attached hydrogen (secondary N) is 1. The Morgan fingerprint density at radius 3 is 2.41 bits per heavy atom. The fourth-order valence-corrected chi connectivity index (χ4v) is 2.62. The molecule has 0 saturated carbocycles. The van der Waals surface area contributed by atoms with Gasteiger partial charge in [-0.1, -0.05) is 6.92 Å². The number of nitrogens with two attached hydrogens (primary N) is 1. The topological polar surface area (TPSA) is 113 Å². The van der Waals surface area contributed by atoms with Gasteiger partial charge in [0.15, 0.2) is 0 Å². The molecular formula is C15H19N3O4. The summed E-state index contributed by atoms with van der Waals surface area (Å²) in [6, 6.07) is 5.87. The Hall–Kier alpha value is -2.57. The van der Waals surface area contributed by atoms with Crippen molar-refractivity contribution in [2.24, 2.45) is 17.6 Å². The summed E-state index contributed by atoms with van der Waals surface area (Å²) in [6.07, 6.45) is 0.576. The van der Waals surface area contributed by atoms with Gasteiger partial charge in [-0.3, -0.25) is 9.59 Å². The molecule has 2 atom stereocenters. The zero-order chi connectivity index (χ0) is 16.3. The maximum atomic E-state index is 12.2. The fourth-order valence-electron chi connectivity index (χ4n) is 2.62. The molecule has 1 aliphatic heterocycles. The number of nitrogens with zero attached hydrogens (tertiary/aromatic N) is 1. The molecule has 4 N–H and O–H groups in total. The molecule has 2 rings (SSSR count). The molecule has 2 unspecified atom stereocenters. The number of piperidine rings is 1. The number of hydrogen-bond acceptors (Lipinski definition) is 3. The summed E-state index contributed by atoms with van der Waals surface area (Å²) in [6.45, 7) is 2.65. The highest BCUT2D eigenvalue weighted by Crippen LogP contribution is 2.22. The van der Waals surface area contributed by atoms with E-state index in [2.05, 4.69) is 5.32 Å². The summed E-state index contributed by atoms with van der Waals surface area (Å²) in [5.41, 5.74) is 6.04. The summed E-state index contributed by atoms with van der Waals surface area (Å²) in [5.74, 6) is -1.81. The van der Waals surface area contributed by atoms with Gasteiger partial charge < -0.3 is 21.1 Å². The molecule has 22 heavy (non-hydrogen) atoms. The van der Waals surface area contributed by atoms with E-state index in [1.807, 2.05) is 6.92 Å². The third kappa shape index (κ3) is 3.75. The molecule has 0 radical (unpaired) electrons. The Labute approximate surface area is 128 Å². The van der Waals surface area contributed by atoms with Gasteiger partial charge in [-0.25, -0.2) is 4.79 Å². The summed E-state index contributed by atoms with van der Waals surface area (Å²) in [5, 5.41) is 11.8. The predicted octanol–water partition coefficient (Wildman–Crippen LogP) is 1.36. The molecule has 7 nitrogen and oxygen atoms in total. The highest BCUT2D eigenvalue weighted by molar-refractivity contribution is 5.94. The first-order valence-electron chi connectivity index (χ1n) is 7.05. The minimum atomic E-state index is -0.879. The number of hydrogen-bond donors (Lipinski definition) is 3. The van der Waals surface area contributed by atoms with Crippen LogP contribution in [0.5, 0.6) is 0 Å². The first-order chi connectivity index (χ1) is 10.4. The minimum absolute atomic E-state index is 0.137. The van der Waals surface area contributed by atoms with Crippen molar-refractivity contribution in [3.8, 4) is 0 Å². The second-order valence-electron chi connectivity index (χ2n) is 5.65. The predicted molar refractivity (Wildman–Crippen MR) is 80.5 cm³/mol. The van der Waals surface area contributed by atoms with Crippen LogP contribution in [0, 0.1) is 11.8 Å². The van der Waals surface area contributed by atoms with Crippen molar-refractivity contribution >= 4 is 23.6 Å². The van der Waals surface area contributed by atoms with Crippen LogP contribution in [0.3, 0.4) is 0 Å². The number of amides is 3. The van der Waals surface area contributed by atoms with Gasteiger partial charge in [0.1, 0.15) is 0 Å². The number of rotatable bonds is 3. The van der Waals surface area contributed by atoms with Crippen LogP contribution in [-0.4, -0.2) is 41.0 Å². The van der Waals surface area contributed by atoms with Crippen molar-refractivity contribution in [3.63, 3.8) is 0 Å². The Bertz CT molecular complexity index is 585. The maximum absolute atomic E-state index is 12.2. The second-order valence-corrected chi connectivity index (χ2v) is 5.65. The summed E-state index contributed by atoms with van der Waals surface area (Å²) >= 11 is 0. The third-order valence-corrected chi connectivity index (χ3v) is 3.72. The van der Waals surface area contributed by atoms with Crippen molar-refractivity contribution in [1.29, 1.82) is 0 Å². The smallest absolute Gasteiger partial charge is 0.321 e. The van der Waals surface area contributed by atoms with Gasteiger partial charge in [0.05, 0.1) is 5.92 Å². The largest absolute Gasteiger partial charge is 0.481 e. The molecule has 1 aromatic rings. The first kappa shape index (κ1) is 15.8. The molecule has 3 amide bonds. The van der Waals surface area contributed by atoms with Gasteiger partial charge in [-0.2, -0.15) is 0 Å². The van der Waals surface area contributed by atoms with Crippen molar-refractivity contribution in [2.45, 2.75) is 13.3 Å². The van der Waals surface area contributed by atoms with E-state index in [9.17, 15) is 14.4 Å². The quantitative estimate of drug-likeness (QED) is 0.782. The third-order valence-electron chi connectivity index (χ3n) is 3.72. The summed E-state index contributed by atoms with van der Waals surface area (Å²) < 4.78 is 0. The van der Waals surface area contributed by atoms with E-state index in [-0.39, 0.29) is 18.5 Å². The number of carbonyl (C=O) groups excluding carboxylic acids is 2. The monoisotopic (exact) mass is 305 g/mol. The van der Waals surface area contributed by atoms with E-state index >= 15 is 0 Å². The van der Waals surface area contributed by atoms with E-state index < -0.39 is 17.8 Å². The molecule has 1 aliphatic rings. The minimum Gasteiger partial charge on any atom is -0.481 e. The van der Waals surface area contributed by atoms with Crippen molar-refractivity contribution < 1.29 is 19.5 Å². The van der Waals surface area contributed by atoms with Crippen LogP contribution < -0.4 is 11.1 Å². The lowest BCUT2D eigenvalue weighted by Gasteiger charge is -2.34. The van der Waals surface area contributed by atoms with Gasteiger partial charge in [0.25, 0.3) is 0 Å². The zero-order valence-corrected chi connectivity index (χ0v) is 12.3. The normalized spacial score (nSPS) is 21.2. The van der Waals surface area contributed by atoms with Gasteiger partial charge in [-0.15, -0.1) is 0 Å². The standard InChI is InChI=1S/C15H19N3O4/c1-9-6-11(14(20)21)8-18(7-9)15(22)17-12-4-2-10(3-5-12)13(16)19/h2-5,9,11H,6-8H2,1H3,(H2,16,19)(H,17,22)(H,20,21). The van der Waals surface area contributed by atoms with Crippen LogP contribution in [0.2, 0.25) is 0 Å². The number of primary amides is 1. The number of carboxylic acid groups (broad SMARTS) is 1. The summed E-state index contributed by atoms with van der Waals surface area (Å²) in [7, 11) is 0. The number of anilines is 1. The number of urea groups is 1. The van der Waals surface area contributed by atoms with Crippen LogP contribution in [-0.2, 0) is 4.79 Å². The SMILES string of the molecule is CC1CC(C(=O)O)CN(C(=O)Nc2ccc(C(N)=O)cc2)C1. The molecule has 0 spiro atoms. The number of benzene rings is 1.